The molecule has 6 rings (SSSR count). The zero-order valence-electron chi connectivity index (χ0n) is 14.9. The number of alkyl halides is 6. The van der Waals surface area contributed by atoms with Crippen LogP contribution in [0.25, 0.3) is 0 Å². The number of H-pyrrole nitrogens is 2. The van der Waals surface area contributed by atoms with Crippen molar-refractivity contribution >= 4 is 5.78 Å². The summed E-state index contributed by atoms with van der Waals surface area (Å²) in [4.78, 5) is 11.3. The average Bonchev–Trinajstić information content (AvgIpc) is 3.27. The normalized spacial score (nSPS) is 26.5. The SMILES string of the molecule is C.FC(F)(F)c1n[nH]c2c1[C@H]1C[C@H]1C2.O=C1c2n[nH]c(C(F)(F)F)c2[C@H]2C[C@@H]12.[CH3-].[V]. The molecule has 2 saturated carbocycles. The van der Waals surface area contributed by atoms with E-state index in [0.717, 1.165) is 12.8 Å². The maximum atomic E-state index is 12.4. The molecule has 4 aliphatic rings. The largest absolute Gasteiger partial charge is 0.435 e. The topological polar surface area (TPSA) is 74.4 Å². The Bertz CT molecular complexity index is 963. The summed E-state index contributed by atoms with van der Waals surface area (Å²) in [7, 11) is 0. The van der Waals surface area contributed by atoms with Crippen LogP contribution in [0, 0.1) is 19.3 Å². The van der Waals surface area contributed by atoms with Crippen molar-refractivity contribution < 1.29 is 49.7 Å². The Morgan fingerprint density at radius 2 is 1.53 bits per heavy atom. The van der Waals surface area contributed by atoms with Crippen molar-refractivity contribution in [3.8, 4) is 0 Å². The van der Waals surface area contributed by atoms with Crippen LogP contribution < -0.4 is 0 Å². The van der Waals surface area contributed by atoms with Gasteiger partial charge >= 0.3 is 12.4 Å². The second-order valence-corrected chi connectivity index (χ2v) is 7.44. The molecule has 0 aromatic carbocycles. The first-order valence-corrected chi connectivity index (χ1v) is 8.41. The maximum absolute atomic E-state index is 12.4. The monoisotopic (exact) mass is 472 g/mol. The zero-order chi connectivity index (χ0) is 19.3. The van der Waals surface area contributed by atoms with Crippen LogP contribution in [0.4, 0.5) is 26.3 Å². The van der Waals surface area contributed by atoms with Crippen LogP contribution >= 0.6 is 0 Å². The van der Waals surface area contributed by atoms with Crippen LogP contribution in [-0.4, -0.2) is 26.2 Å². The van der Waals surface area contributed by atoms with Gasteiger partial charge in [-0.3, -0.25) is 15.0 Å². The van der Waals surface area contributed by atoms with Crippen LogP contribution in [0.5, 0.6) is 0 Å². The van der Waals surface area contributed by atoms with Crippen molar-refractivity contribution in [3.63, 3.8) is 0 Å². The predicted molar refractivity (Wildman–Crippen MR) is 90.1 cm³/mol. The van der Waals surface area contributed by atoms with E-state index in [0.29, 0.717) is 23.6 Å². The number of aromatic amines is 2. The van der Waals surface area contributed by atoms with Gasteiger partial charge in [-0.2, -0.15) is 36.5 Å². The number of hydrogen-bond acceptors (Lipinski definition) is 3. The molecule has 165 valence electrons. The molecular weight excluding hydrogens is 453 g/mol. The number of Topliss-reactive ketones (excluding diaryl/α,β-unsaturated/α-hetero) is 1. The Labute approximate surface area is 180 Å². The number of rotatable bonds is 0. The summed E-state index contributed by atoms with van der Waals surface area (Å²) in [6, 6.07) is 0. The van der Waals surface area contributed by atoms with E-state index in [1.54, 1.807) is 0 Å². The molecule has 0 spiro atoms. The second-order valence-electron chi connectivity index (χ2n) is 7.44. The molecule has 30 heavy (non-hydrogen) atoms. The third-order valence-corrected chi connectivity index (χ3v) is 5.73. The van der Waals surface area contributed by atoms with Crippen LogP contribution in [0.15, 0.2) is 0 Å². The van der Waals surface area contributed by atoms with Crippen molar-refractivity contribution in [1.82, 2.24) is 20.4 Å². The van der Waals surface area contributed by atoms with E-state index >= 15 is 0 Å². The molecule has 12 heteroatoms. The average molecular weight is 472 g/mol. The molecule has 1 radical (unpaired) electrons. The fraction of sp³-hybridized carbons (Fsp3) is 0.556. The van der Waals surface area contributed by atoms with Crippen LogP contribution in [0.1, 0.15) is 70.8 Å². The molecule has 2 aromatic rings. The molecule has 0 aliphatic heterocycles. The van der Waals surface area contributed by atoms with E-state index < -0.39 is 23.7 Å². The first-order valence-electron chi connectivity index (χ1n) is 8.41. The Hall–Kier alpha value is -1.75. The van der Waals surface area contributed by atoms with Gasteiger partial charge in [-0.1, -0.05) is 7.43 Å². The second kappa shape index (κ2) is 7.44. The van der Waals surface area contributed by atoms with Crippen LogP contribution in [0.2, 0.25) is 0 Å². The van der Waals surface area contributed by atoms with Gasteiger partial charge in [0.05, 0.1) is 0 Å². The molecule has 4 atom stereocenters. The van der Waals surface area contributed by atoms with Gasteiger partial charge in [0.25, 0.3) is 0 Å². The first-order chi connectivity index (χ1) is 12.6. The Morgan fingerprint density at radius 1 is 0.867 bits per heavy atom. The molecule has 2 heterocycles. The number of hydrogen-bond donors (Lipinski definition) is 2. The molecule has 0 saturated heterocycles. The van der Waals surface area contributed by atoms with Gasteiger partial charge in [0.1, 0.15) is 11.4 Å². The number of halogens is 6. The third-order valence-electron chi connectivity index (χ3n) is 5.73. The fourth-order valence-electron chi connectivity index (χ4n) is 4.34. The number of nitrogens with one attached hydrogen (secondary N) is 2. The van der Waals surface area contributed by atoms with Gasteiger partial charge in [-0.15, -0.1) is 0 Å². The van der Waals surface area contributed by atoms with E-state index in [9.17, 15) is 31.1 Å². The summed E-state index contributed by atoms with van der Waals surface area (Å²) in [5.41, 5.74) is -0.296. The molecule has 2 fully saturated rings. The fourth-order valence-corrected chi connectivity index (χ4v) is 4.34. The summed E-state index contributed by atoms with van der Waals surface area (Å²) in [6.07, 6.45) is -6.51. The third kappa shape index (κ3) is 3.59. The summed E-state index contributed by atoms with van der Waals surface area (Å²) >= 11 is 0. The Kier molecular flexibility index (Phi) is 6.08. The van der Waals surface area contributed by atoms with Gasteiger partial charge in [-0.05, 0) is 37.0 Å². The summed E-state index contributed by atoms with van der Waals surface area (Å²) in [5.74, 6) is -0.0800. The first kappa shape index (κ1) is 24.5. The van der Waals surface area contributed by atoms with Gasteiger partial charge in [0.2, 0.25) is 0 Å². The number of aromatic nitrogens is 4. The van der Waals surface area contributed by atoms with E-state index in [2.05, 4.69) is 15.3 Å². The quantitative estimate of drug-likeness (QED) is 0.423. The molecule has 0 bridgehead atoms. The Balaban J connectivity index is 0.000000195. The predicted octanol–water partition coefficient (Wildman–Crippen LogP) is 4.90. The standard InChI is InChI=1S/C8H5F3N2O.C8H7F3N2.CH4.CH3.V/c9-8(10,11)7-4-2-1-3(2)6(14)5(4)12-13-7;9-8(10,11)7-6-4-1-3(4)2-5(6)12-13-7;;;/h2-3H,1H2,(H,12,13);3-4H,1-2H2,(H,12,13);1H4;1H3;/q;;;-1;/t2-,3+;3-,4-;;;/m00.../s1. The molecule has 0 unspecified atom stereocenters. The zero-order valence-corrected chi connectivity index (χ0v) is 16.3. The number of nitrogens with zero attached hydrogens (tertiary/aromatic N) is 2. The van der Waals surface area contributed by atoms with E-state index in [1.807, 2.05) is 5.10 Å². The number of ketones is 1. The van der Waals surface area contributed by atoms with Crippen molar-refractivity contribution in [2.24, 2.45) is 11.8 Å². The molecule has 0 amide bonds. The Morgan fingerprint density at radius 3 is 2.13 bits per heavy atom. The van der Waals surface area contributed by atoms with Crippen LogP contribution in [0.3, 0.4) is 0 Å². The minimum Gasteiger partial charge on any atom is -0.358 e. The number of carbonyl (C=O) groups excluding carboxylic acids is 1. The summed E-state index contributed by atoms with van der Waals surface area (Å²) in [5, 5.41) is 11.2. The van der Waals surface area contributed by atoms with Crippen molar-refractivity contribution in [3.05, 3.63) is 41.3 Å². The minimum atomic E-state index is -4.43. The van der Waals surface area contributed by atoms with E-state index in [-0.39, 0.29) is 68.2 Å². The van der Waals surface area contributed by atoms with Gasteiger partial charge in [0.15, 0.2) is 11.5 Å². The van der Waals surface area contributed by atoms with E-state index in [1.165, 1.54) is 0 Å². The summed E-state index contributed by atoms with van der Waals surface area (Å²) in [6.45, 7) is 0. The smallest absolute Gasteiger partial charge is 0.358 e. The maximum Gasteiger partial charge on any atom is 0.435 e. The molecule has 2 aromatic heterocycles. The summed E-state index contributed by atoms with van der Waals surface area (Å²) < 4.78 is 74.4. The van der Waals surface area contributed by atoms with Gasteiger partial charge in [-0.25, -0.2) is 0 Å². The van der Waals surface area contributed by atoms with E-state index in [4.69, 9.17) is 0 Å². The van der Waals surface area contributed by atoms with Crippen LogP contribution in [-0.2, 0) is 37.3 Å². The van der Waals surface area contributed by atoms with Gasteiger partial charge in [0, 0.05) is 41.3 Å². The molecule has 4 aliphatic carbocycles. The molecule has 2 N–H and O–H groups in total. The molecular formula is C18H19F6N4OV-. The minimum absolute atomic E-state index is 0. The molecule has 5 nitrogen and oxygen atoms in total. The number of fused-ring (bicyclic) bond motifs is 6. The van der Waals surface area contributed by atoms with Crippen molar-refractivity contribution in [2.75, 3.05) is 0 Å². The van der Waals surface area contributed by atoms with Crippen molar-refractivity contribution in [2.45, 2.75) is 50.9 Å². The number of carbonyl (C=O) groups is 1. The van der Waals surface area contributed by atoms with Crippen molar-refractivity contribution in [1.29, 1.82) is 0 Å². The van der Waals surface area contributed by atoms with Gasteiger partial charge < -0.3 is 7.43 Å².